The summed E-state index contributed by atoms with van der Waals surface area (Å²) < 4.78 is 5.49. The number of ether oxygens (including phenoxy) is 1. The van der Waals surface area contributed by atoms with E-state index < -0.39 is 5.97 Å². The van der Waals surface area contributed by atoms with Gasteiger partial charge in [0.15, 0.2) is 5.75 Å². The first kappa shape index (κ1) is 13.9. The molecule has 4 nitrogen and oxygen atoms in total. The van der Waals surface area contributed by atoms with Gasteiger partial charge in [0.25, 0.3) is 0 Å². The zero-order chi connectivity index (χ0) is 14.5. The Kier molecular flexibility index (Phi) is 4.24. The molecule has 100 valence electrons. The number of benzene rings is 2. The van der Waals surface area contributed by atoms with Gasteiger partial charge in [-0.25, -0.2) is 4.79 Å². The maximum atomic E-state index is 11.1. The van der Waals surface area contributed by atoms with Crippen LogP contribution in [0.15, 0.2) is 42.5 Å². The molecule has 2 rings (SSSR count). The van der Waals surface area contributed by atoms with Crippen LogP contribution in [-0.4, -0.2) is 11.1 Å². The van der Waals surface area contributed by atoms with Crippen molar-refractivity contribution in [1.82, 2.24) is 0 Å². The second kappa shape index (κ2) is 6.09. The second-order valence-electron chi connectivity index (χ2n) is 3.98. The zero-order valence-electron chi connectivity index (χ0n) is 10.3. The number of para-hydroxylation sites is 1. The first-order valence-corrected chi connectivity index (χ1v) is 6.14. The fourth-order valence-corrected chi connectivity index (χ4v) is 1.96. The third kappa shape index (κ3) is 2.90. The molecule has 0 spiro atoms. The van der Waals surface area contributed by atoms with Gasteiger partial charge in [0.05, 0.1) is 16.7 Å². The fourth-order valence-electron chi connectivity index (χ4n) is 1.73. The van der Waals surface area contributed by atoms with Crippen molar-refractivity contribution >= 4 is 17.6 Å². The lowest BCUT2D eigenvalue weighted by Gasteiger charge is -2.11. The summed E-state index contributed by atoms with van der Waals surface area (Å²) in [5.41, 5.74) is 1.15. The van der Waals surface area contributed by atoms with Gasteiger partial charge in [0, 0.05) is 5.56 Å². The molecule has 2 aromatic rings. The Morgan fingerprint density at radius 1 is 1.25 bits per heavy atom. The molecule has 5 heteroatoms. The van der Waals surface area contributed by atoms with E-state index >= 15 is 0 Å². The topological polar surface area (TPSA) is 70.3 Å². The summed E-state index contributed by atoms with van der Waals surface area (Å²) in [5, 5.41) is 18.3. The third-order valence-electron chi connectivity index (χ3n) is 2.71. The summed E-state index contributed by atoms with van der Waals surface area (Å²) in [6.07, 6.45) is 0. The van der Waals surface area contributed by atoms with Gasteiger partial charge in [-0.05, 0) is 18.2 Å². The van der Waals surface area contributed by atoms with Crippen molar-refractivity contribution in [2.24, 2.45) is 0 Å². The number of carbonyl (C=O) groups is 1. The zero-order valence-corrected chi connectivity index (χ0v) is 11.1. The van der Waals surface area contributed by atoms with E-state index in [0.29, 0.717) is 11.1 Å². The molecule has 0 fully saturated rings. The SMILES string of the molecule is N#Cc1ccccc1COc1c(Cl)cccc1C(=O)O. The minimum Gasteiger partial charge on any atom is -0.486 e. The molecule has 0 aromatic heterocycles. The number of halogens is 1. The van der Waals surface area contributed by atoms with E-state index in [2.05, 4.69) is 6.07 Å². The van der Waals surface area contributed by atoms with Gasteiger partial charge < -0.3 is 9.84 Å². The predicted octanol–water partition coefficient (Wildman–Crippen LogP) is 3.49. The maximum absolute atomic E-state index is 11.1. The predicted molar refractivity (Wildman–Crippen MR) is 73.9 cm³/mol. The molecular formula is C15H10ClNO3. The van der Waals surface area contributed by atoms with Crippen molar-refractivity contribution < 1.29 is 14.6 Å². The average Bonchev–Trinajstić information content (AvgIpc) is 2.46. The Hall–Kier alpha value is -2.51. The fraction of sp³-hybridized carbons (Fsp3) is 0.0667. The van der Waals surface area contributed by atoms with Crippen LogP contribution in [0.3, 0.4) is 0 Å². The van der Waals surface area contributed by atoms with Crippen LogP contribution in [0, 0.1) is 11.3 Å². The van der Waals surface area contributed by atoms with E-state index in [4.69, 9.17) is 26.7 Å². The van der Waals surface area contributed by atoms with Gasteiger partial charge >= 0.3 is 5.97 Å². The Morgan fingerprint density at radius 2 is 2.00 bits per heavy atom. The van der Waals surface area contributed by atoms with Crippen molar-refractivity contribution in [3.63, 3.8) is 0 Å². The van der Waals surface area contributed by atoms with Crippen molar-refractivity contribution in [3.8, 4) is 11.8 Å². The molecule has 2 aromatic carbocycles. The Balaban J connectivity index is 2.28. The van der Waals surface area contributed by atoms with E-state index in [-0.39, 0.29) is 22.9 Å². The molecule has 0 atom stereocenters. The molecule has 0 saturated heterocycles. The molecule has 0 heterocycles. The van der Waals surface area contributed by atoms with Crippen molar-refractivity contribution in [3.05, 3.63) is 64.2 Å². The summed E-state index contributed by atoms with van der Waals surface area (Å²) in [5.74, 6) is -1.01. The van der Waals surface area contributed by atoms with Gasteiger partial charge in [-0.1, -0.05) is 35.9 Å². The van der Waals surface area contributed by atoms with E-state index in [0.717, 1.165) is 0 Å². The average molecular weight is 288 g/mol. The number of carboxylic acids is 1. The van der Waals surface area contributed by atoms with E-state index in [1.54, 1.807) is 36.4 Å². The smallest absolute Gasteiger partial charge is 0.339 e. The normalized spacial score (nSPS) is 9.80. The van der Waals surface area contributed by atoms with Crippen molar-refractivity contribution in [2.45, 2.75) is 6.61 Å². The standard InChI is InChI=1S/C15H10ClNO3/c16-13-7-3-6-12(15(18)19)14(13)20-9-11-5-2-1-4-10(11)8-17/h1-7H,9H2,(H,18,19). The molecule has 20 heavy (non-hydrogen) atoms. The number of aromatic carboxylic acids is 1. The number of nitriles is 1. The molecule has 0 aliphatic carbocycles. The van der Waals surface area contributed by atoms with E-state index in [1.165, 1.54) is 6.07 Å². The third-order valence-corrected chi connectivity index (χ3v) is 3.00. The van der Waals surface area contributed by atoms with Crippen LogP contribution >= 0.6 is 11.6 Å². The Morgan fingerprint density at radius 3 is 2.70 bits per heavy atom. The van der Waals surface area contributed by atoms with E-state index in [9.17, 15) is 4.79 Å². The van der Waals surface area contributed by atoms with Crippen LogP contribution in [0.1, 0.15) is 21.5 Å². The molecule has 0 saturated carbocycles. The van der Waals surface area contributed by atoms with Crippen LogP contribution in [0.2, 0.25) is 5.02 Å². The first-order valence-electron chi connectivity index (χ1n) is 5.76. The highest BCUT2D eigenvalue weighted by atomic mass is 35.5. The van der Waals surface area contributed by atoms with Gasteiger partial charge in [0.2, 0.25) is 0 Å². The molecule has 1 N–H and O–H groups in total. The summed E-state index contributed by atoms with van der Waals surface area (Å²) in [7, 11) is 0. The molecule has 0 bridgehead atoms. The quantitative estimate of drug-likeness (QED) is 0.934. The lowest BCUT2D eigenvalue weighted by atomic mass is 10.1. The second-order valence-corrected chi connectivity index (χ2v) is 4.39. The molecule has 0 aliphatic heterocycles. The molecule has 0 radical (unpaired) electrons. The largest absolute Gasteiger partial charge is 0.486 e. The highest BCUT2D eigenvalue weighted by molar-refractivity contribution is 6.32. The van der Waals surface area contributed by atoms with Gasteiger partial charge in [-0.2, -0.15) is 5.26 Å². The van der Waals surface area contributed by atoms with Crippen LogP contribution in [0.25, 0.3) is 0 Å². The Labute approximate surface area is 120 Å². The lowest BCUT2D eigenvalue weighted by molar-refractivity contribution is 0.0692. The Bertz CT molecular complexity index is 692. The number of nitrogens with zero attached hydrogens (tertiary/aromatic N) is 1. The number of carboxylic acid groups (broad SMARTS) is 1. The monoisotopic (exact) mass is 287 g/mol. The molecule has 0 aliphatic rings. The lowest BCUT2D eigenvalue weighted by Crippen LogP contribution is -2.04. The summed E-state index contributed by atoms with van der Waals surface area (Å²) in [6, 6.07) is 13.5. The van der Waals surface area contributed by atoms with E-state index in [1.807, 2.05) is 0 Å². The molecule has 0 amide bonds. The van der Waals surface area contributed by atoms with Crippen molar-refractivity contribution in [2.75, 3.05) is 0 Å². The maximum Gasteiger partial charge on any atom is 0.339 e. The number of hydrogen-bond acceptors (Lipinski definition) is 3. The van der Waals surface area contributed by atoms with Crippen LogP contribution in [-0.2, 0) is 6.61 Å². The number of rotatable bonds is 4. The van der Waals surface area contributed by atoms with Gasteiger partial charge in [-0.15, -0.1) is 0 Å². The minimum absolute atomic E-state index is 0.00746. The first-order chi connectivity index (χ1) is 9.63. The number of hydrogen-bond donors (Lipinski definition) is 1. The van der Waals surface area contributed by atoms with Crippen LogP contribution in [0.5, 0.6) is 5.75 Å². The van der Waals surface area contributed by atoms with Crippen molar-refractivity contribution in [1.29, 1.82) is 5.26 Å². The van der Waals surface area contributed by atoms with Gasteiger partial charge in [0.1, 0.15) is 12.2 Å². The summed E-state index contributed by atoms with van der Waals surface area (Å²) in [6.45, 7) is 0.0771. The molecule has 0 unspecified atom stereocenters. The van der Waals surface area contributed by atoms with Crippen LogP contribution < -0.4 is 4.74 Å². The minimum atomic E-state index is -1.11. The molecular weight excluding hydrogens is 278 g/mol. The summed E-state index contributed by atoms with van der Waals surface area (Å²) in [4.78, 5) is 11.1. The summed E-state index contributed by atoms with van der Waals surface area (Å²) >= 11 is 5.96. The highest BCUT2D eigenvalue weighted by Gasteiger charge is 2.15. The van der Waals surface area contributed by atoms with Gasteiger partial charge in [-0.3, -0.25) is 0 Å². The highest BCUT2D eigenvalue weighted by Crippen LogP contribution is 2.29. The van der Waals surface area contributed by atoms with Crippen LogP contribution in [0.4, 0.5) is 0 Å².